The number of aliphatic hydroxyl groups excluding tert-OH is 5. The van der Waals surface area contributed by atoms with Crippen molar-refractivity contribution in [1.82, 2.24) is 0 Å². The molecule has 8 atom stereocenters. The van der Waals surface area contributed by atoms with E-state index in [1.807, 2.05) is 0 Å². The highest BCUT2D eigenvalue weighted by molar-refractivity contribution is 7.97. The van der Waals surface area contributed by atoms with Crippen LogP contribution in [0.15, 0.2) is 24.3 Å². The first kappa shape index (κ1) is 23.2. The summed E-state index contributed by atoms with van der Waals surface area (Å²) in [4.78, 5) is 0. The van der Waals surface area contributed by atoms with Gasteiger partial charge in [0.25, 0.3) is 0 Å². The van der Waals surface area contributed by atoms with Gasteiger partial charge in [0.05, 0.1) is 13.2 Å². The van der Waals surface area contributed by atoms with Crippen LogP contribution in [0.4, 0.5) is 0 Å². The Bertz CT molecular complexity index is 610. The van der Waals surface area contributed by atoms with E-state index in [0.717, 1.165) is 0 Å². The van der Waals surface area contributed by atoms with E-state index < -0.39 is 53.0 Å². The van der Waals surface area contributed by atoms with Crippen LogP contribution in [0.5, 0.6) is 0 Å². The van der Waals surface area contributed by atoms with E-state index in [2.05, 4.69) is 0 Å². The number of hydrogen-bond acceptors (Lipinski definition) is 7. The Morgan fingerprint density at radius 1 is 1.22 bits per heavy atom. The molecule has 2 saturated heterocycles. The smallest absolute Gasteiger partial charge is 0.184 e. The summed E-state index contributed by atoms with van der Waals surface area (Å²) >= 11 is 5.98. The minimum absolute atomic E-state index is 0. The fraction of sp³-hybridized carbons (Fsp3) is 0.647. The molecule has 2 fully saturated rings. The van der Waals surface area contributed by atoms with Gasteiger partial charge in [-0.2, -0.15) is 0 Å². The van der Waals surface area contributed by atoms with Crippen LogP contribution in [-0.2, 0) is 20.4 Å². The first-order valence-corrected chi connectivity index (χ1v) is 10.4. The molecule has 0 bridgehead atoms. The van der Waals surface area contributed by atoms with E-state index in [0.29, 0.717) is 16.3 Å². The van der Waals surface area contributed by atoms with Gasteiger partial charge in [0, 0.05) is 21.5 Å². The third kappa shape index (κ3) is 5.27. The number of benzene rings is 1. The predicted octanol–water partition coefficient (Wildman–Crippen LogP) is -3.81. The van der Waals surface area contributed by atoms with E-state index in [1.54, 1.807) is 24.3 Å². The van der Waals surface area contributed by atoms with Gasteiger partial charge in [-0.25, -0.2) is 0 Å². The van der Waals surface area contributed by atoms with E-state index in [-0.39, 0.29) is 31.4 Å². The molecule has 0 aliphatic carbocycles. The highest BCUT2D eigenvalue weighted by atomic mass is 35.5. The lowest BCUT2D eigenvalue weighted by atomic mass is 10.1. The molecule has 1 aromatic carbocycles. The van der Waals surface area contributed by atoms with Crippen molar-refractivity contribution in [3.8, 4) is 0 Å². The summed E-state index contributed by atoms with van der Waals surface area (Å²) in [6.45, 7) is -0.266. The van der Waals surface area contributed by atoms with Crippen LogP contribution in [0, 0.1) is 0 Å². The van der Waals surface area contributed by atoms with Gasteiger partial charge < -0.3 is 47.4 Å². The SMILES string of the molecule is OC[C@@H]1[C@@H](O)[C@H](O)C[S+]1C[C@@H](O)[C@H]1OC(c2cccc(Cl)c2)OC[C@H]1O.[Cl-]. The molecule has 5 N–H and O–H groups in total. The number of aliphatic hydroxyl groups is 5. The predicted molar refractivity (Wildman–Crippen MR) is 97.0 cm³/mol. The first-order valence-electron chi connectivity index (χ1n) is 8.42. The second-order valence-electron chi connectivity index (χ2n) is 6.61. The van der Waals surface area contributed by atoms with Crippen LogP contribution in [0.2, 0.25) is 5.02 Å². The van der Waals surface area contributed by atoms with Crippen molar-refractivity contribution in [3.63, 3.8) is 0 Å². The fourth-order valence-corrected chi connectivity index (χ4v) is 6.21. The van der Waals surface area contributed by atoms with Gasteiger partial charge in [0.2, 0.25) is 0 Å². The second kappa shape index (κ2) is 10.1. The van der Waals surface area contributed by atoms with E-state index in [1.165, 1.54) is 0 Å². The first-order chi connectivity index (χ1) is 12.4. The number of hydrogen-bond donors (Lipinski definition) is 5. The zero-order chi connectivity index (χ0) is 18.8. The van der Waals surface area contributed by atoms with Crippen LogP contribution in [-0.4, -0.2) is 86.0 Å². The monoisotopic (exact) mass is 442 g/mol. The summed E-state index contributed by atoms with van der Waals surface area (Å²) in [6, 6.07) is 6.96. The zero-order valence-corrected chi connectivity index (χ0v) is 16.7. The molecule has 27 heavy (non-hydrogen) atoms. The topological polar surface area (TPSA) is 120 Å². The van der Waals surface area contributed by atoms with Gasteiger partial charge in [0.15, 0.2) is 11.5 Å². The number of ether oxygens (including phenoxy) is 2. The molecular formula is C17H24Cl2O7S. The van der Waals surface area contributed by atoms with Crippen molar-refractivity contribution in [2.75, 3.05) is 24.7 Å². The maximum atomic E-state index is 10.6. The quantitative estimate of drug-likeness (QED) is 0.296. The maximum Gasteiger partial charge on any atom is 0.184 e. The van der Waals surface area contributed by atoms with Crippen LogP contribution in [0.1, 0.15) is 11.9 Å². The summed E-state index contributed by atoms with van der Waals surface area (Å²) in [5.41, 5.74) is 0.684. The van der Waals surface area contributed by atoms with Gasteiger partial charge in [0.1, 0.15) is 42.0 Å². The molecule has 2 aliphatic rings. The number of halogens is 2. The molecule has 2 heterocycles. The molecule has 2 unspecified atom stereocenters. The Hall–Kier alpha value is -0.130. The normalized spacial score (nSPS) is 37.6. The molecular weight excluding hydrogens is 419 g/mol. The van der Waals surface area contributed by atoms with Gasteiger partial charge in [-0.3, -0.25) is 0 Å². The zero-order valence-electron chi connectivity index (χ0n) is 14.4. The molecule has 3 rings (SSSR count). The van der Waals surface area contributed by atoms with Crippen molar-refractivity contribution in [1.29, 1.82) is 0 Å². The Balaban J connectivity index is 0.00000261. The minimum atomic E-state index is -1.02. The summed E-state index contributed by atoms with van der Waals surface area (Å²) in [5.74, 6) is 0.518. The van der Waals surface area contributed by atoms with E-state index in [9.17, 15) is 25.5 Å². The van der Waals surface area contributed by atoms with E-state index in [4.69, 9.17) is 21.1 Å². The third-order valence-corrected chi connectivity index (χ3v) is 7.79. The fourth-order valence-electron chi connectivity index (χ4n) is 3.33. The third-order valence-electron chi connectivity index (χ3n) is 4.73. The van der Waals surface area contributed by atoms with Crippen LogP contribution >= 0.6 is 11.6 Å². The minimum Gasteiger partial charge on any atom is -1.00 e. The Kier molecular flexibility index (Phi) is 8.63. The van der Waals surface area contributed by atoms with Gasteiger partial charge in [-0.15, -0.1) is 0 Å². The molecule has 2 aliphatic heterocycles. The standard InChI is InChI=1S/C17H24ClO7S.ClH/c18-10-3-1-2-9(4-10)17-24-6-11(20)16(25-17)13(22)8-26-7-12(21)15(23)14(26)5-19;/h1-4,11-17,19-23H,5-8H2;1H/q+1;/p-1/t11-,12-,13-,14-,15+,16+,17?,26?;/m1./s1. The lowest BCUT2D eigenvalue weighted by Gasteiger charge is -2.36. The molecule has 154 valence electrons. The van der Waals surface area contributed by atoms with E-state index >= 15 is 0 Å². The molecule has 0 radical (unpaired) electrons. The average Bonchev–Trinajstić information content (AvgIpc) is 2.88. The molecule has 0 amide bonds. The van der Waals surface area contributed by atoms with Crippen LogP contribution in [0.25, 0.3) is 0 Å². The van der Waals surface area contributed by atoms with Crippen LogP contribution in [0.3, 0.4) is 0 Å². The lowest BCUT2D eigenvalue weighted by molar-refractivity contribution is -0.273. The highest BCUT2D eigenvalue weighted by Crippen LogP contribution is 2.31. The largest absolute Gasteiger partial charge is 1.00 e. The van der Waals surface area contributed by atoms with Crippen LogP contribution < -0.4 is 12.4 Å². The molecule has 1 aromatic rings. The van der Waals surface area contributed by atoms with Crippen molar-refractivity contribution in [3.05, 3.63) is 34.9 Å². The summed E-state index contributed by atoms with van der Waals surface area (Å²) < 4.78 is 11.3. The highest BCUT2D eigenvalue weighted by Gasteiger charge is 2.51. The average molecular weight is 443 g/mol. The Morgan fingerprint density at radius 2 is 1.96 bits per heavy atom. The van der Waals surface area contributed by atoms with Gasteiger partial charge in [-0.05, 0) is 12.1 Å². The second-order valence-corrected chi connectivity index (χ2v) is 9.39. The number of rotatable bonds is 5. The molecule has 0 saturated carbocycles. The van der Waals surface area contributed by atoms with Crippen molar-refractivity contribution in [2.45, 2.75) is 42.1 Å². The van der Waals surface area contributed by atoms with Gasteiger partial charge >= 0.3 is 0 Å². The van der Waals surface area contributed by atoms with Crippen molar-refractivity contribution < 1.29 is 47.4 Å². The Morgan fingerprint density at radius 3 is 2.63 bits per heavy atom. The Labute approximate surface area is 171 Å². The summed E-state index contributed by atoms with van der Waals surface area (Å²) in [5, 5.41) is 50.0. The maximum absolute atomic E-state index is 10.6. The lowest BCUT2D eigenvalue weighted by Crippen LogP contribution is -3.00. The summed E-state index contributed by atoms with van der Waals surface area (Å²) in [6.07, 6.45) is -5.58. The van der Waals surface area contributed by atoms with Crippen molar-refractivity contribution >= 4 is 22.5 Å². The van der Waals surface area contributed by atoms with Crippen molar-refractivity contribution in [2.24, 2.45) is 0 Å². The van der Waals surface area contributed by atoms with Gasteiger partial charge in [-0.1, -0.05) is 23.7 Å². The molecule has 10 heteroatoms. The molecule has 0 aromatic heterocycles. The molecule has 7 nitrogen and oxygen atoms in total. The molecule has 0 spiro atoms. The summed E-state index contributed by atoms with van der Waals surface area (Å²) in [7, 11) is -0.584.